The van der Waals surface area contributed by atoms with Crippen LogP contribution >= 0.6 is 0 Å². The van der Waals surface area contributed by atoms with Crippen molar-refractivity contribution < 1.29 is 21.1 Å². The molecule has 0 fully saturated rings. The number of nitrogens with zero attached hydrogens (tertiary/aromatic N) is 1. The van der Waals surface area contributed by atoms with E-state index in [-0.39, 0.29) is 21.1 Å². The van der Waals surface area contributed by atoms with E-state index in [1.165, 1.54) is 0 Å². The number of hydrogen-bond acceptors (Lipinski definition) is 1. The molecule has 1 nitrogen and oxygen atoms in total. The van der Waals surface area contributed by atoms with Gasteiger partial charge in [-0.15, -0.1) is 0 Å². The Labute approximate surface area is 63.4 Å². The first kappa shape index (κ1) is 7.84. The first-order valence-corrected chi connectivity index (χ1v) is 2.27. The predicted octanol–water partition coefficient (Wildman–Crippen LogP) is 1.39. The van der Waals surface area contributed by atoms with Gasteiger partial charge in [0.25, 0.3) is 0 Å². The Hall–Kier alpha value is -0.162. The van der Waals surface area contributed by atoms with Crippen molar-refractivity contribution in [3.63, 3.8) is 0 Å². The molecule has 1 heterocycles. The molecule has 0 saturated heterocycles. The van der Waals surface area contributed by atoms with Crippen LogP contribution in [0.5, 0.6) is 0 Å². The maximum absolute atomic E-state index is 3.98. The zero-order valence-corrected chi connectivity index (χ0v) is 6.85. The summed E-state index contributed by atoms with van der Waals surface area (Å²) in [6.07, 6.45) is 1.79. The van der Waals surface area contributed by atoms with Gasteiger partial charge < -0.3 is 0 Å². The van der Waals surface area contributed by atoms with Crippen molar-refractivity contribution in [2.24, 2.45) is 0 Å². The van der Waals surface area contributed by atoms with Crippen LogP contribution in [0.3, 0.4) is 0 Å². The minimum absolute atomic E-state index is 0. The summed E-state index contributed by atoms with van der Waals surface area (Å²) >= 11 is 0. The smallest absolute Gasteiger partial charge is 0.0372 e. The molecule has 0 spiro atoms. The Morgan fingerprint density at radius 2 is 2.12 bits per heavy atom. The van der Waals surface area contributed by atoms with E-state index in [4.69, 9.17) is 0 Å². The maximum Gasteiger partial charge on any atom is 0.0372 e. The first-order chi connectivity index (χ1) is 3.39. The van der Waals surface area contributed by atoms with Gasteiger partial charge in [0.1, 0.15) is 0 Å². The van der Waals surface area contributed by atoms with Crippen LogP contribution in [0.25, 0.3) is 0 Å². The van der Waals surface area contributed by atoms with Crippen LogP contribution in [0.4, 0.5) is 0 Å². The van der Waals surface area contributed by atoms with Gasteiger partial charge in [0.2, 0.25) is 0 Å². The SMILES string of the molecule is Cc1ccccn1.[Pt]. The van der Waals surface area contributed by atoms with Gasteiger partial charge in [0.05, 0.1) is 0 Å². The third-order valence-corrected chi connectivity index (χ3v) is 0.813. The third-order valence-electron chi connectivity index (χ3n) is 0.813. The fourth-order valence-corrected chi connectivity index (χ4v) is 0.448. The topological polar surface area (TPSA) is 12.9 Å². The molecule has 46 valence electrons. The van der Waals surface area contributed by atoms with Crippen LogP contribution in [0.15, 0.2) is 24.4 Å². The standard InChI is InChI=1S/C6H7N.Pt/c1-6-4-2-3-5-7-6;/h2-5H,1H3;. The second kappa shape index (κ2) is 3.79. The Bertz CT molecular complexity index is 138. The van der Waals surface area contributed by atoms with Crippen molar-refractivity contribution in [3.8, 4) is 0 Å². The number of aryl methyl sites for hydroxylation is 1. The van der Waals surface area contributed by atoms with Crippen LogP contribution < -0.4 is 0 Å². The van der Waals surface area contributed by atoms with E-state index >= 15 is 0 Å². The monoisotopic (exact) mass is 288 g/mol. The van der Waals surface area contributed by atoms with E-state index in [0.717, 1.165) is 5.69 Å². The average molecular weight is 288 g/mol. The Morgan fingerprint density at radius 1 is 1.38 bits per heavy atom. The van der Waals surface area contributed by atoms with E-state index in [1.54, 1.807) is 6.20 Å². The summed E-state index contributed by atoms with van der Waals surface area (Å²) < 4.78 is 0. The summed E-state index contributed by atoms with van der Waals surface area (Å²) in [5, 5.41) is 0. The van der Waals surface area contributed by atoms with E-state index < -0.39 is 0 Å². The predicted molar refractivity (Wildman–Crippen MR) is 29.0 cm³/mol. The normalized spacial score (nSPS) is 7.62. The Balaban J connectivity index is 0.000000490. The molecular weight excluding hydrogens is 281 g/mol. The van der Waals surface area contributed by atoms with Crippen molar-refractivity contribution >= 4 is 0 Å². The van der Waals surface area contributed by atoms with E-state index in [2.05, 4.69) is 4.98 Å². The second-order valence-corrected chi connectivity index (χ2v) is 1.47. The van der Waals surface area contributed by atoms with Crippen LogP contribution in [-0.2, 0) is 21.1 Å². The number of hydrogen-bond donors (Lipinski definition) is 0. The molecule has 2 heteroatoms. The minimum atomic E-state index is 0. The van der Waals surface area contributed by atoms with Crippen LogP contribution in [0.1, 0.15) is 5.69 Å². The fraction of sp³-hybridized carbons (Fsp3) is 0.167. The molecule has 1 rings (SSSR count). The fourth-order valence-electron chi connectivity index (χ4n) is 0.448. The average Bonchev–Trinajstić information content (AvgIpc) is 1.69. The molecule has 0 aliphatic carbocycles. The molecule has 0 bridgehead atoms. The van der Waals surface area contributed by atoms with Gasteiger partial charge in [0.15, 0.2) is 0 Å². The van der Waals surface area contributed by atoms with E-state index in [0.29, 0.717) is 0 Å². The zero-order valence-electron chi connectivity index (χ0n) is 4.57. The van der Waals surface area contributed by atoms with Gasteiger partial charge in [-0.05, 0) is 19.1 Å². The minimum Gasteiger partial charge on any atom is -0.262 e. The molecule has 0 aliphatic heterocycles. The molecule has 0 amide bonds. The van der Waals surface area contributed by atoms with Crippen molar-refractivity contribution in [2.45, 2.75) is 6.92 Å². The molecule has 0 saturated carbocycles. The molecular formula is C6H7NPt. The van der Waals surface area contributed by atoms with Crippen LogP contribution in [-0.4, -0.2) is 4.98 Å². The van der Waals surface area contributed by atoms with Gasteiger partial charge in [-0.25, -0.2) is 0 Å². The summed E-state index contributed by atoms with van der Waals surface area (Å²) in [5.41, 5.74) is 1.07. The Morgan fingerprint density at radius 3 is 2.38 bits per heavy atom. The Kier molecular flexibility index (Phi) is 3.72. The number of pyridine rings is 1. The van der Waals surface area contributed by atoms with Gasteiger partial charge in [-0.3, -0.25) is 4.98 Å². The molecule has 0 N–H and O–H groups in total. The van der Waals surface area contributed by atoms with Gasteiger partial charge in [-0.2, -0.15) is 0 Å². The molecule has 0 atom stereocenters. The van der Waals surface area contributed by atoms with Gasteiger partial charge >= 0.3 is 0 Å². The van der Waals surface area contributed by atoms with Crippen molar-refractivity contribution in [1.82, 2.24) is 4.98 Å². The zero-order chi connectivity index (χ0) is 5.11. The first-order valence-electron chi connectivity index (χ1n) is 2.27. The quantitative estimate of drug-likeness (QED) is 0.703. The van der Waals surface area contributed by atoms with Crippen molar-refractivity contribution in [1.29, 1.82) is 0 Å². The maximum atomic E-state index is 3.98. The molecule has 1 aromatic heterocycles. The molecule has 0 aromatic carbocycles. The summed E-state index contributed by atoms with van der Waals surface area (Å²) in [7, 11) is 0. The van der Waals surface area contributed by atoms with Gasteiger partial charge in [-0.1, -0.05) is 6.07 Å². The summed E-state index contributed by atoms with van der Waals surface area (Å²) in [6.45, 7) is 1.97. The third kappa shape index (κ3) is 2.22. The number of aromatic nitrogens is 1. The van der Waals surface area contributed by atoms with Gasteiger partial charge in [0, 0.05) is 33.0 Å². The molecule has 0 unspecified atom stereocenters. The van der Waals surface area contributed by atoms with Crippen molar-refractivity contribution in [2.75, 3.05) is 0 Å². The summed E-state index contributed by atoms with van der Waals surface area (Å²) in [4.78, 5) is 3.98. The van der Waals surface area contributed by atoms with Crippen LogP contribution in [0.2, 0.25) is 0 Å². The molecule has 8 heavy (non-hydrogen) atoms. The molecule has 0 radical (unpaired) electrons. The second-order valence-electron chi connectivity index (χ2n) is 1.47. The van der Waals surface area contributed by atoms with Crippen LogP contribution in [0, 0.1) is 6.92 Å². The van der Waals surface area contributed by atoms with E-state index in [9.17, 15) is 0 Å². The largest absolute Gasteiger partial charge is 0.262 e. The molecule has 1 aromatic rings. The summed E-state index contributed by atoms with van der Waals surface area (Å²) in [5.74, 6) is 0. The van der Waals surface area contributed by atoms with Crippen molar-refractivity contribution in [3.05, 3.63) is 30.1 Å². The van der Waals surface area contributed by atoms with E-state index in [1.807, 2.05) is 25.1 Å². The molecule has 0 aliphatic rings. The number of rotatable bonds is 0. The summed E-state index contributed by atoms with van der Waals surface area (Å²) in [6, 6.07) is 5.86.